The van der Waals surface area contributed by atoms with Gasteiger partial charge in [-0.2, -0.15) is 0 Å². The molecule has 25 heavy (non-hydrogen) atoms. The standard InChI is InChI=1S/C20H22N2O3/c1-15-18(14-19(23)24)22(17-10-6-3-7-11-17)13-12-21(15)20(25)16-8-4-2-5-9-16/h2-11,15,18H,12-14H2,1H3,(H,23,24)/t15-,18+/m1/s1. The van der Waals surface area contributed by atoms with Crippen molar-refractivity contribution in [2.45, 2.75) is 25.4 Å². The summed E-state index contributed by atoms with van der Waals surface area (Å²) in [6.07, 6.45) is -0.00533. The number of carboxylic acid groups (broad SMARTS) is 1. The van der Waals surface area contributed by atoms with Crippen molar-refractivity contribution in [1.29, 1.82) is 0 Å². The third-order valence-electron chi connectivity index (χ3n) is 4.78. The Morgan fingerprint density at radius 1 is 1.00 bits per heavy atom. The van der Waals surface area contributed by atoms with Gasteiger partial charge in [-0.05, 0) is 31.2 Å². The summed E-state index contributed by atoms with van der Waals surface area (Å²) >= 11 is 0. The quantitative estimate of drug-likeness (QED) is 0.931. The Morgan fingerprint density at radius 2 is 1.60 bits per heavy atom. The summed E-state index contributed by atoms with van der Waals surface area (Å²) < 4.78 is 0. The lowest BCUT2D eigenvalue weighted by atomic mass is 9.97. The third-order valence-corrected chi connectivity index (χ3v) is 4.78. The van der Waals surface area contributed by atoms with Crippen LogP contribution < -0.4 is 4.90 Å². The van der Waals surface area contributed by atoms with Crippen molar-refractivity contribution >= 4 is 17.6 Å². The number of nitrogens with zero attached hydrogens (tertiary/aromatic N) is 2. The van der Waals surface area contributed by atoms with E-state index in [9.17, 15) is 14.7 Å². The summed E-state index contributed by atoms with van der Waals surface area (Å²) in [7, 11) is 0. The Morgan fingerprint density at radius 3 is 2.20 bits per heavy atom. The maximum atomic E-state index is 12.8. The molecule has 0 unspecified atom stereocenters. The van der Waals surface area contributed by atoms with Crippen LogP contribution in [0, 0.1) is 0 Å². The molecule has 130 valence electrons. The third kappa shape index (κ3) is 3.65. The minimum Gasteiger partial charge on any atom is -0.481 e. The van der Waals surface area contributed by atoms with Crippen LogP contribution in [-0.4, -0.2) is 47.1 Å². The number of rotatable bonds is 4. The van der Waals surface area contributed by atoms with Crippen LogP contribution in [0.2, 0.25) is 0 Å². The maximum absolute atomic E-state index is 12.8. The van der Waals surface area contributed by atoms with Gasteiger partial charge in [-0.1, -0.05) is 36.4 Å². The normalized spacial score (nSPS) is 20.4. The fraction of sp³-hybridized carbons (Fsp3) is 0.300. The summed E-state index contributed by atoms with van der Waals surface area (Å²) in [5, 5.41) is 9.36. The van der Waals surface area contributed by atoms with Gasteiger partial charge in [0.2, 0.25) is 0 Å². The van der Waals surface area contributed by atoms with Crippen LogP contribution in [0.4, 0.5) is 5.69 Å². The van der Waals surface area contributed by atoms with Gasteiger partial charge in [-0.25, -0.2) is 0 Å². The van der Waals surface area contributed by atoms with Crippen molar-refractivity contribution in [1.82, 2.24) is 4.90 Å². The Bertz CT molecular complexity index is 733. The molecule has 1 amide bonds. The second-order valence-corrected chi connectivity index (χ2v) is 6.30. The van der Waals surface area contributed by atoms with Gasteiger partial charge in [0.1, 0.15) is 0 Å². The zero-order valence-electron chi connectivity index (χ0n) is 14.2. The molecule has 2 atom stereocenters. The number of aliphatic carboxylic acids is 1. The van der Waals surface area contributed by atoms with E-state index in [-0.39, 0.29) is 24.4 Å². The van der Waals surface area contributed by atoms with E-state index < -0.39 is 5.97 Å². The summed E-state index contributed by atoms with van der Waals surface area (Å²) in [6.45, 7) is 3.12. The van der Waals surface area contributed by atoms with Crippen molar-refractivity contribution < 1.29 is 14.7 Å². The molecule has 0 bridgehead atoms. The van der Waals surface area contributed by atoms with Crippen molar-refractivity contribution in [2.75, 3.05) is 18.0 Å². The lowest BCUT2D eigenvalue weighted by Crippen LogP contribution is -2.60. The van der Waals surface area contributed by atoms with E-state index in [1.165, 1.54) is 0 Å². The summed E-state index contributed by atoms with van der Waals surface area (Å²) in [4.78, 5) is 28.1. The van der Waals surface area contributed by atoms with Gasteiger partial charge < -0.3 is 14.9 Å². The Labute approximate surface area is 147 Å². The molecule has 1 saturated heterocycles. The van der Waals surface area contributed by atoms with Gasteiger partial charge in [0.15, 0.2) is 0 Å². The molecule has 1 aliphatic rings. The van der Waals surface area contributed by atoms with Crippen LogP contribution in [-0.2, 0) is 4.79 Å². The van der Waals surface area contributed by atoms with Crippen LogP contribution in [0.25, 0.3) is 0 Å². The van der Waals surface area contributed by atoms with Crippen LogP contribution in [0.5, 0.6) is 0 Å². The topological polar surface area (TPSA) is 60.9 Å². The first-order valence-corrected chi connectivity index (χ1v) is 8.47. The van der Waals surface area contributed by atoms with E-state index in [1.54, 1.807) is 17.0 Å². The molecule has 0 aromatic heterocycles. The number of benzene rings is 2. The van der Waals surface area contributed by atoms with Gasteiger partial charge >= 0.3 is 5.97 Å². The fourth-order valence-electron chi connectivity index (χ4n) is 3.49. The number of carbonyl (C=O) groups excluding carboxylic acids is 1. The molecule has 0 spiro atoms. The van der Waals surface area contributed by atoms with Gasteiger partial charge in [0.05, 0.1) is 18.5 Å². The van der Waals surface area contributed by atoms with Crippen LogP contribution in [0.3, 0.4) is 0 Å². The minimum absolute atomic E-state index is 0.00533. The smallest absolute Gasteiger partial charge is 0.305 e. The Balaban J connectivity index is 1.86. The van der Waals surface area contributed by atoms with E-state index in [0.717, 1.165) is 5.69 Å². The number of anilines is 1. The molecular formula is C20H22N2O3. The van der Waals surface area contributed by atoms with Crippen LogP contribution in [0.1, 0.15) is 23.7 Å². The van der Waals surface area contributed by atoms with E-state index in [1.807, 2.05) is 55.5 Å². The molecular weight excluding hydrogens is 316 g/mol. The summed E-state index contributed by atoms with van der Waals surface area (Å²) in [5.41, 5.74) is 1.63. The molecule has 5 nitrogen and oxygen atoms in total. The molecule has 2 aromatic rings. The molecule has 0 saturated carbocycles. The number of piperazine rings is 1. The highest BCUT2D eigenvalue weighted by atomic mass is 16.4. The number of hydrogen-bond acceptors (Lipinski definition) is 3. The average Bonchev–Trinajstić information content (AvgIpc) is 2.64. The highest BCUT2D eigenvalue weighted by Crippen LogP contribution is 2.27. The number of para-hydroxylation sites is 1. The Kier molecular flexibility index (Phi) is 5.03. The van der Waals surface area contributed by atoms with E-state index in [2.05, 4.69) is 4.90 Å². The first-order chi connectivity index (χ1) is 12.1. The molecule has 1 heterocycles. The van der Waals surface area contributed by atoms with Crippen molar-refractivity contribution in [3.8, 4) is 0 Å². The van der Waals surface area contributed by atoms with Gasteiger partial charge in [0.25, 0.3) is 5.91 Å². The second kappa shape index (κ2) is 7.38. The van der Waals surface area contributed by atoms with Crippen molar-refractivity contribution in [2.24, 2.45) is 0 Å². The SMILES string of the molecule is C[C@@H]1[C@H](CC(=O)O)N(c2ccccc2)CCN1C(=O)c1ccccc1. The zero-order valence-corrected chi connectivity index (χ0v) is 14.2. The monoisotopic (exact) mass is 338 g/mol. The molecule has 2 aromatic carbocycles. The van der Waals surface area contributed by atoms with Gasteiger partial charge in [-0.3, -0.25) is 9.59 Å². The van der Waals surface area contributed by atoms with Crippen molar-refractivity contribution in [3.05, 3.63) is 66.2 Å². The summed E-state index contributed by atoms with van der Waals surface area (Å²) in [6, 6.07) is 18.5. The molecule has 1 fully saturated rings. The minimum atomic E-state index is -0.855. The number of amides is 1. The molecule has 1 aliphatic heterocycles. The highest BCUT2D eigenvalue weighted by Gasteiger charge is 2.37. The molecule has 0 aliphatic carbocycles. The lowest BCUT2D eigenvalue weighted by Gasteiger charge is -2.47. The van der Waals surface area contributed by atoms with E-state index in [0.29, 0.717) is 18.7 Å². The maximum Gasteiger partial charge on any atom is 0.305 e. The number of hydrogen-bond donors (Lipinski definition) is 1. The number of carboxylic acids is 1. The van der Waals surface area contributed by atoms with Gasteiger partial charge in [-0.15, -0.1) is 0 Å². The Hall–Kier alpha value is -2.82. The largest absolute Gasteiger partial charge is 0.481 e. The van der Waals surface area contributed by atoms with Crippen LogP contribution in [0.15, 0.2) is 60.7 Å². The fourth-order valence-corrected chi connectivity index (χ4v) is 3.49. The molecule has 1 N–H and O–H groups in total. The molecule has 3 rings (SSSR count). The number of carbonyl (C=O) groups is 2. The van der Waals surface area contributed by atoms with Crippen molar-refractivity contribution in [3.63, 3.8) is 0 Å². The van der Waals surface area contributed by atoms with E-state index in [4.69, 9.17) is 0 Å². The first kappa shape index (κ1) is 17.0. The lowest BCUT2D eigenvalue weighted by molar-refractivity contribution is -0.137. The molecule has 5 heteroatoms. The highest BCUT2D eigenvalue weighted by molar-refractivity contribution is 5.94. The average molecular weight is 338 g/mol. The molecule has 0 radical (unpaired) electrons. The second-order valence-electron chi connectivity index (χ2n) is 6.30. The first-order valence-electron chi connectivity index (χ1n) is 8.47. The summed E-state index contributed by atoms with van der Waals surface area (Å²) in [5.74, 6) is -0.900. The van der Waals surface area contributed by atoms with Crippen LogP contribution >= 0.6 is 0 Å². The predicted octanol–water partition coefficient (Wildman–Crippen LogP) is 2.88. The zero-order chi connectivity index (χ0) is 17.8. The predicted molar refractivity (Wildman–Crippen MR) is 96.8 cm³/mol. The van der Waals surface area contributed by atoms with E-state index >= 15 is 0 Å². The van der Waals surface area contributed by atoms with Gasteiger partial charge in [0, 0.05) is 24.3 Å².